The number of nitrogen functional groups attached to an aromatic ring is 1. The average Bonchev–Trinajstić information content (AvgIpc) is 2.26. The Labute approximate surface area is 109 Å². The number of hydrogen-bond donors (Lipinski definition) is 1. The molecule has 2 N–H and O–H groups in total. The van der Waals surface area contributed by atoms with Crippen LogP contribution in [0.1, 0.15) is 0 Å². The van der Waals surface area contributed by atoms with Gasteiger partial charge in [-0.2, -0.15) is 0 Å². The van der Waals surface area contributed by atoms with Gasteiger partial charge in [0.2, 0.25) is 0 Å². The minimum Gasteiger partial charge on any atom is -0.398 e. The highest BCUT2D eigenvalue weighted by Crippen LogP contribution is 2.27. The third-order valence-electron chi connectivity index (χ3n) is 1.89. The molecule has 5 heteroatoms. The van der Waals surface area contributed by atoms with Crippen LogP contribution in [0.3, 0.4) is 0 Å². The molecule has 16 heavy (non-hydrogen) atoms. The number of ether oxygens (including phenoxy) is 2. The number of halogens is 1. The van der Waals surface area contributed by atoms with Gasteiger partial charge in [0, 0.05) is 27.9 Å². The quantitative estimate of drug-likeness (QED) is 0.478. The molecule has 0 unspecified atom stereocenters. The van der Waals surface area contributed by atoms with Crippen LogP contribution >= 0.6 is 27.7 Å². The number of rotatable bonds is 7. The van der Waals surface area contributed by atoms with E-state index in [9.17, 15) is 0 Å². The molecule has 0 bridgehead atoms. The molecule has 0 atom stereocenters. The van der Waals surface area contributed by atoms with E-state index in [2.05, 4.69) is 15.9 Å². The van der Waals surface area contributed by atoms with Crippen molar-refractivity contribution in [2.45, 2.75) is 4.90 Å². The van der Waals surface area contributed by atoms with Crippen molar-refractivity contribution in [3.8, 4) is 0 Å². The van der Waals surface area contributed by atoms with Crippen molar-refractivity contribution < 1.29 is 9.47 Å². The molecule has 0 radical (unpaired) electrons. The Hall–Kier alpha value is -0.230. The highest BCUT2D eigenvalue weighted by Gasteiger charge is 2.00. The summed E-state index contributed by atoms with van der Waals surface area (Å²) in [6.45, 7) is 2.00. The molecule has 3 nitrogen and oxygen atoms in total. The van der Waals surface area contributed by atoms with Crippen molar-refractivity contribution in [2.24, 2.45) is 0 Å². The standard InChI is InChI=1S/C11H16BrNO2S/c1-14-4-5-15-6-7-16-11-3-2-9(12)8-10(11)13/h2-3,8H,4-7,13H2,1H3. The van der Waals surface area contributed by atoms with Gasteiger partial charge in [-0.25, -0.2) is 0 Å². The van der Waals surface area contributed by atoms with Gasteiger partial charge in [-0.1, -0.05) is 15.9 Å². The summed E-state index contributed by atoms with van der Waals surface area (Å²) in [6.07, 6.45) is 0. The highest BCUT2D eigenvalue weighted by molar-refractivity contribution is 9.10. The second-order valence-corrected chi connectivity index (χ2v) is 5.19. The van der Waals surface area contributed by atoms with Crippen LogP contribution in [0.25, 0.3) is 0 Å². The van der Waals surface area contributed by atoms with Gasteiger partial charge in [-0.3, -0.25) is 0 Å². The van der Waals surface area contributed by atoms with Crippen LogP contribution in [0.2, 0.25) is 0 Å². The van der Waals surface area contributed by atoms with E-state index in [4.69, 9.17) is 15.2 Å². The van der Waals surface area contributed by atoms with Crippen LogP contribution in [0.5, 0.6) is 0 Å². The Morgan fingerprint density at radius 3 is 2.81 bits per heavy atom. The molecule has 0 aliphatic rings. The van der Waals surface area contributed by atoms with Gasteiger partial charge in [0.1, 0.15) is 0 Å². The van der Waals surface area contributed by atoms with E-state index >= 15 is 0 Å². The minimum absolute atomic E-state index is 0.644. The van der Waals surface area contributed by atoms with E-state index in [1.807, 2.05) is 18.2 Å². The second kappa shape index (κ2) is 7.95. The lowest BCUT2D eigenvalue weighted by molar-refractivity contribution is 0.0790. The maximum absolute atomic E-state index is 5.87. The topological polar surface area (TPSA) is 44.5 Å². The molecular formula is C11H16BrNO2S. The van der Waals surface area contributed by atoms with Crippen molar-refractivity contribution in [1.29, 1.82) is 0 Å². The summed E-state index contributed by atoms with van der Waals surface area (Å²) in [4.78, 5) is 1.10. The van der Waals surface area contributed by atoms with E-state index < -0.39 is 0 Å². The van der Waals surface area contributed by atoms with Gasteiger partial charge >= 0.3 is 0 Å². The first kappa shape index (κ1) is 13.8. The third kappa shape index (κ3) is 5.21. The molecule has 0 aliphatic carbocycles. The number of benzene rings is 1. The fraction of sp³-hybridized carbons (Fsp3) is 0.455. The van der Waals surface area contributed by atoms with Crippen LogP contribution in [-0.2, 0) is 9.47 Å². The summed E-state index contributed by atoms with van der Waals surface area (Å²) < 4.78 is 11.3. The minimum atomic E-state index is 0.644. The van der Waals surface area contributed by atoms with Crippen LogP contribution in [-0.4, -0.2) is 32.7 Å². The fourth-order valence-electron chi connectivity index (χ4n) is 1.11. The molecule has 0 aromatic heterocycles. The van der Waals surface area contributed by atoms with E-state index in [0.29, 0.717) is 19.8 Å². The first-order chi connectivity index (χ1) is 7.74. The molecule has 0 heterocycles. The zero-order valence-electron chi connectivity index (χ0n) is 9.24. The molecule has 0 spiro atoms. The molecule has 1 aromatic carbocycles. The zero-order valence-corrected chi connectivity index (χ0v) is 11.6. The van der Waals surface area contributed by atoms with Crippen LogP contribution in [0, 0.1) is 0 Å². The second-order valence-electron chi connectivity index (χ2n) is 3.14. The Balaban J connectivity index is 2.21. The van der Waals surface area contributed by atoms with Gasteiger partial charge in [-0.05, 0) is 18.2 Å². The maximum Gasteiger partial charge on any atom is 0.0700 e. The first-order valence-electron chi connectivity index (χ1n) is 4.98. The van der Waals surface area contributed by atoms with E-state index in [0.717, 1.165) is 20.8 Å². The summed E-state index contributed by atoms with van der Waals surface area (Å²) in [5.41, 5.74) is 6.67. The number of methoxy groups -OCH3 is 1. The monoisotopic (exact) mass is 305 g/mol. The van der Waals surface area contributed by atoms with Gasteiger partial charge < -0.3 is 15.2 Å². The Morgan fingerprint density at radius 1 is 1.31 bits per heavy atom. The van der Waals surface area contributed by atoms with Crippen molar-refractivity contribution in [3.63, 3.8) is 0 Å². The predicted molar refractivity (Wildman–Crippen MR) is 72.0 cm³/mol. The molecule has 0 saturated heterocycles. The Kier molecular flexibility index (Phi) is 6.87. The average molecular weight is 306 g/mol. The van der Waals surface area contributed by atoms with Crippen LogP contribution in [0.15, 0.2) is 27.6 Å². The van der Waals surface area contributed by atoms with E-state index in [-0.39, 0.29) is 0 Å². The summed E-state index contributed by atoms with van der Waals surface area (Å²) in [7, 11) is 1.67. The number of anilines is 1. The number of hydrogen-bond acceptors (Lipinski definition) is 4. The van der Waals surface area contributed by atoms with E-state index in [1.54, 1.807) is 18.9 Å². The molecule has 0 saturated carbocycles. The van der Waals surface area contributed by atoms with Crippen molar-refractivity contribution in [2.75, 3.05) is 38.4 Å². The van der Waals surface area contributed by atoms with Crippen molar-refractivity contribution >= 4 is 33.4 Å². The predicted octanol–water partition coefficient (Wildman–Crippen LogP) is 2.79. The van der Waals surface area contributed by atoms with Gasteiger partial charge in [-0.15, -0.1) is 11.8 Å². The zero-order chi connectivity index (χ0) is 11.8. The molecule has 0 aliphatic heterocycles. The van der Waals surface area contributed by atoms with Crippen molar-refractivity contribution in [3.05, 3.63) is 22.7 Å². The molecule has 1 aromatic rings. The first-order valence-corrected chi connectivity index (χ1v) is 6.76. The highest BCUT2D eigenvalue weighted by atomic mass is 79.9. The number of thioether (sulfide) groups is 1. The summed E-state index contributed by atoms with van der Waals surface area (Å²) in [5.74, 6) is 0.898. The van der Waals surface area contributed by atoms with Crippen LogP contribution in [0.4, 0.5) is 5.69 Å². The Morgan fingerprint density at radius 2 is 2.12 bits per heavy atom. The Bertz CT molecular complexity index is 323. The lowest BCUT2D eigenvalue weighted by Crippen LogP contribution is -2.04. The molecule has 0 fully saturated rings. The van der Waals surface area contributed by atoms with E-state index in [1.165, 1.54) is 0 Å². The van der Waals surface area contributed by atoms with Gasteiger partial charge in [0.05, 0.1) is 19.8 Å². The SMILES string of the molecule is COCCOCCSc1ccc(Br)cc1N. The smallest absolute Gasteiger partial charge is 0.0700 e. The fourth-order valence-corrected chi connectivity index (χ4v) is 2.30. The lowest BCUT2D eigenvalue weighted by atomic mass is 10.3. The molecular weight excluding hydrogens is 290 g/mol. The van der Waals surface area contributed by atoms with Crippen molar-refractivity contribution in [1.82, 2.24) is 0 Å². The normalized spacial score (nSPS) is 10.6. The largest absolute Gasteiger partial charge is 0.398 e. The van der Waals surface area contributed by atoms with Gasteiger partial charge in [0.15, 0.2) is 0 Å². The summed E-state index contributed by atoms with van der Waals surface area (Å²) >= 11 is 5.08. The van der Waals surface area contributed by atoms with Gasteiger partial charge in [0.25, 0.3) is 0 Å². The summed E-state index contributed by atoms with van der Waals surface area (Å²) in [5, 5.41) is 0. The molecule has 1 rings (SSSR count). The number of nitrogens with two attached hydrogens (primary N) is 1. The summed E-state index contributed by atoms with van der Waals surface area (Å²) in [6, 6.07) is 5.91. The van der Waals surface area contributed by atoms with Crippen LogP contribution < -0.4 is 5.73 Å². The third-order valence-corrected chi connectivity index (χ3v) is 3.44. The lowest BCUT2D eigenvalue weighted by Gasteiger charge is -2.06. The maximum atomic E-state index is 5.87. The molecule has 90 valence electrons. The molecule has 0 amide bonds.